The molecule has 142 heavy (non-hydrogen) atoms. The zero-order valence-electron chi connectivity index (χ0n) is 76.4. The van der Waals surface area contributed by atoms with E-state index in [0.717, 1.165) is 34.6 Å². The Bertz CT molecular complexity index is 4010. The number of rotatable bonds is 38. The van der Waals surface area contributed by atoms with Crippen LogP contribution in [0, 0.1) is 0 Å². The molecule has 0 aliphatic carbocycles. The van der Waals surface area contributed by atoms with Crippen molar-refractivity contribution in [1.82, 2.24) is 26.6 Å². The van der Waals surface area contributed by atoms with E-state index in [1.165, 1.54) is 6.92 Å². The number of hydrogen-bond acceptors (Lipinski definition) is 57. The Kier molecular flexibility index (Phi) is 41.7. The van der Waals surface area contributed by atoms with Crippen molar-refractivity contribution in [2.75, 3.05) is 66.1 Å². The summed E-state index contributed by atoms with van der Waals surface area (Å²) in [6.07, 6.45) is -111. The van der Waals surface area contributed by atoms with Crippen LogP contribution in [0.1, 0.15) is 48.0 Å². The summed E-state index contributed by atoms with van der Waals surface area (Å²) in [6, 6.07) is -9.65. The van der Waals surface area contributed by atoms with Gasteiger partial charge in [-0.15, -0.1) is 0 Å². The molecule has 0 spiro atoms. The van der Waals surface area contributed by atoms with Crippen LogP contribution >= 0.6 is 0 Å². The maximum atomic E-state index is 13.5. The molecule has 11 aliphatic heterocycles. The predicted molar refractivity (Wildman–Crippen MR) is 436 cm³/mol. The lowest BCUT2D eigenvalue weighted by Crippen LogP contribution is -2.71. The first kappa shape index (κ1) is 117. The Morgan fingerprint density at radius 2 is 0.627 bits per heavy atom. The van der Waals surface area contributed by atoms with Gasteiger partial charge in [0.1, 0.15) is 256 Å². The highest BCUT2D eigenvalue weighted by atomic mass is 16.8. The molecule has 0 bridgehead atoms. The molecular formula is C79H131N5O58. The van der Waals surface area contributed by atoms with E-state index in [0.29, 0.717) is 0 Å². The van der Waals surface area contributed by atoms with E-state index in [9.17, 15) is 187 Å². The van der Waals surface area contributed by atoms with Gasteiger partial charge in [-0.05, 0) is 6.92 Å². The van der Waals surface area contributed by atoms with Gasteiger partial charge in [0, 0.05) is 41.0 Å². The fourth-order valence-corrected chi connectivity index (χ4v) is 18.4. The molecule has 63 heteroatoms. The van der Waals surface area contributed by atoms with Crippen LogP contribution in [0.25, 0.3) is 0 Å². The molecule has 63 nitrogen and oxygen atoms in total. The van der Waals surface area contributed by atoms with Gasteiger partial charge in [-0.25, -0.2) is 4.79 Å². The fraction of sp³-hybridized carbons (Fsp3) is 0.924. The first-order valence-corrected chi connectivity index (χ1v) is 45.1. The average Bonchev–Trinajstić information content (AvgIpc) is 0.765. The molecule has 820 valence electrons. The fourth-order valence-electron chi connectivity index (χ4n) is 18.4. The van der Waals surface area contributed by atoms with Gasteiger partial charge in [0.25, 0.3) is 5.79 Å². The topological polar surface area (TPSA) is 984 Å². The molecule has 56 atom stereocenters. The first-order chi connectivity index (χ1) is 67.0. The summed E-state index contributed by atoms with van der Waals surface area (Å²) < 4.78 is 126. The van der Waals surface area contributed by atoms with Gasteiger partial charge in [0.2, 0.25) is 29.5 Å². The van der Waals surface area contributed by atoms with E-state index >= 15 is 0 Å². The van der Waals surface area contributed by atoms with Crippen LogP contribution in [0.5, 0.6) is 0 Å². The largest absolute Gasteiger partial charge is 0.477 e. The number of nitrogens with one attached hydrogen (secondary N) is 5. The molecule has 0 radical (unpaired) electrons. The van der Waals surface area contributed by atoms with Crippen molar-refractivity contribution in [2.24, 2.45) is 0 Å². The molecule has 11 aliphatic rings. The van der Waals surface area contributed by atoms with Crippen LogP contribution in [-0.4, -0.2) is 603 Å². The van der Waals surface area contributed by atoms with E-state index in [2.05, 4.69) is 26.6 Å². The Hall–Kier alpha value is -5.22. The van der Waals surface area contributed by atoms with Gasteiger partial charge in [0.05, 0.1) is 84.3 Å². The lowest BCUT2D eigenvalue weighted by Gasteiger charge is -2.51. The average molecular weight is 2080 g/mol. The normalized spacial score (nSPS) is 48.0. The maximum Gasteiger partial charge on any atom is 0.364 e. The smallest absolute Gasteiger partial charge is 0.364 e. The summed E-state index contributed by atoms with van der Waals surface area (Å²) in [5, 5.41) is 361. The molecule has 11 fully saturated rings. The van der Waals surface area contributed by atoms with Crippen molar-refractivity contribution in [1.29, 1.82) is 0 Å². The van der Waals surface area contributed by atoms with Gasteiger partial charge in [-0.1, -0.05) is 0 Å². The predicted octanol–water partition coefficient (Wildman–Crippen LogP) is -24.0. The van der Waals surface area contributed by atoms with Crippen molar-refractivity contribution >= 4 is 35.5 Å². The van der Waals surface area contributed by atoms with Crippen LogP contribution in [0.15, 0.2) is 0 Å². The summed E-state index contributed by atoms with van der Waals surface area (Å²) in [6.45, 7) is -6.39. The summed E-state index contributed by atoms with van der Waals surface area (Å²) in [7, 11) is 0. The molecule has 36 N–H and O–H groups in total. The summed E-state index contributed by atoms with van der Waals surface area (Å²) >= 11 is 0. The third-order valence-corrected chi connectivity index (χ3v) is 25.9. The summed E-state index contributed by atoms with van der Waals surface area (Å²) in [4.78, 5) is 77.6. The number of carboxylic acid groups (broad SMARTS) is 1. The maximum absolute atomic E-state index is 13.5. The third-order valence-electron chi connectivity index (χ3n) is 25.9. The van der Waals surface area contributed by atoms with Crippen molar-refractivity contribution in [3.63, 3.8) is 0 Å². The number of hydrogen-bond donors (Lipinski definition) is 36. The molecule has 0 saturated carbocycles. The van der Waals surface area contributed by atoms with E-state index in [4.69, 9.17) is 99.5 Å². The Balaban J connectivity index is 0.923. The number of amides is 5. The van der Waals surface area contributed by atoms with Crippen LogP contribution < -0.4 is 26.6 Å². The van der Waals surface area contributed by atoms with Crippen molar-refractivity contribution < 1.29 is 287 Å². The molecule has 5 amide bonds. The molecule has 0 aromatic carbocycles. The van der Waals surface area contributed by atoms with Gasteiger partial charge in [0.15, 0.2) is 62.9 Å². The number of carboxylic acids is 1. The number of aliphatic carboxylic acids is 1. The third kappa shape index (κ3) is 25.8. The van der Waals surface area contributed by atoms with E-state index in [1.807, 2.05) is 0 Å². The monoisotopic (exact) mass is 2080 g/mol. The van der Waals surface area contributed by atoms with Crippen molar-refractivity contribution in [2.45, 2.75) is 391 Å². The highest BCUT2D eigenvalue weighted by Gasteiger charge is 2.64. The lowest BCUT2D eigenvalue weighted by molar-refractivity contribution is -0.400. The Labute approximate surface area is 803 Å². The quantitative estimate of drug-likeness (QED) is 0.0273. The number of aliphatic hydroxyl groups excluding tert-OH is 30. The highest BCUT2D eigenvalue weighted by Crippen LogP contribution is 2.43. The molecule has 11 saturated heterocycles. The van der Waals surface area contributed by atoms with Crippen LogP contribution in [0.2, 0.25) is 0 Å². The minimum absolute atomic E-state index is 0.829. The first-order valence-electron chi connectivity index (χ1n) is 45.1. The molecule has 0 aromatic heterocycles. The molecule has 0 aromatic rings. The molecule has 0 unspecified atom stereocenters. The highest BCUT2D eigenvalue weighted by molar-refractivity contribution is 5.77. The Morgan fingerprint density at radius 3 is 1.08 bits per heavy atom. The number of aliphatic hydroxyl groups is 30. The lowest BCUT2D eigenvalue weighted by atomic mass is 9.88. The number of carbonyl (C=O) groups is 6. The van der Waals surface area contributed by atoms with E-state index in [1.54, 1.807) is 0 Å². The molecular weight excluding hydrogens is 1950 g/mol. The van der Waals surface area contributed by atoms with Crippen LogP contribution in [-0.2, 0) is 128 Å². The molecule has 11 rings (SSSR count). The van der Waals surface area contributed by atoms with E-state index < -0.39 is 451 Å². The van der Waals surface area contributed by atoms with Crippen LogP contribution in [0.3, 0.4) is 0 Å². The summed E-state index contributed by atoms with van der Waals surface area (Å²) in [5.74, 6) is -10.0. The van der Waals surface area contributed by atoms with Crippen molar-refractivity contribution in [3.8, 4) is 0 Å². The van der Waals surface area contributed by atoms with E-state index in [-0.39, 0.29) is 0 Å². The minimum Gasteiger partial charge on any atom is -0.477 e. The van der Waals surface area contributed by atoms with Gasteiger partial charge >= 0.3 is 5.97 Å². The SMILES string of the molecule is CC(=O)N[C@@H]1[C@@H](O)[C@H](O[C@@H]2O[C@H](CO)[C@@H](O[C@@H]3O[C@H](CO[C@H]4O[C@H](CO)[C@@H](O)[C@H](O)[C@@H]4O[C@@H]4O[C@H](CO)[C@@H](O[C@@H]5O[C@H](CO)[C@H](O)[C@H](O)[C@H]5O)[C@H](O[C@H]5O[C@H](C)[C@H](O)[C@H](O)[C@H]5O)[C@H]4NC(C)=O)[C@@H](O)[C@H](O[C@H]4O[C@H](CO)[C@@H](O)[C@H](O)[C@@H]4O[C@@H]4O[C@H](CO)[C@@H](O[C@@H]5O[C@H](CO[C@]6(C(=O)O)C[C@H](O)[C@@H](NC(C)=O)[C@H]([C@H](O)[C@H](O)CO)O6)[C@H](O)[C@H](O)[C@H]5O)[C@H](O)[C@H]4NC(C)=O)[C@@H]3O)[C@H](O)[C@H]2NC(C)=O)[C@@H](CO)O[C@@H]1O. The minimum atomic E-state index is -3.12. The van der Waals surface area contributed by atoms with Gasteiger partial charge in [-0.3, -0.25) is 24.0 Å². The zero-order chi connectivity index (χ0) is 105. The number of ether oxygens (including phenoxy) is 21. The second kappa shape index (κ2) is 50.6. The molecule has 11 heterocycles. The Morgan fingerprint density at radius 1 is 0.303 bits per heavy atom. The standard InChI is InChI=1S/C79H131N5O58/c1-18-40(100)50(110)55(115)72(124-18)138-64-39(84-23(6)97)71(131-32(15-92)62(64)137-73-56(116)51(111)42(102)26(9-86)126-73)140-66-53(113)43(103)27(10-87)127-76(66)122-16-33-46(106)65(58(118)75(132-33)136-61-31(14-91)129-69(37(48(61)108)82-21(4)95)134-59-29(12-89)125-68(119)36(47(59)107)81-20(3)94)139-77-67(54(114)44(104)28(11-88)128-77)141-70-38(83-22(5)96)49(109)60(30(13-90)130-70)135-74-57(117)52(112)45(105)34(133-74)17-123-79(78(120)121)7-24(98)35(80-19(2)93)63(142-79)41(101)25(99)8-85/h18,24-77,85-92,98-119H,7-17H2,1-6H3,(H,80,93)(H,81,94)(H,82,95)(H,83,96)(H,84,97)(H,120,121)/t18-,24+,25-,26-,27-,28-,29-,30-,31-,32-,33-,34-,35-,36-,37-,38-,39-,40+,41-,42+,43-,44-,45+,46-,47-,48-,49-,50+,51+,52+,53+,54+,55-,56-,57-,58+,59-,60-,61-,62-,63-,64-,65+,66+,67+,68+,69+,70+,71+,72-,73+,74+,75+,76+,77-,79-/m1/s1. The van der Waals surface area contributed by atoms with Crippen LogP contribution in [0.4, 0.5) is 0 Å². The van der Waals surface area contributed by atoms with Crippen molar-refractivity contribution in [3.05, 3.63) is 0 Å². The van der Waals surface area contributed by atoms with Gasteiger partial charge < -0.3 is 284 Å². The number of carbonyl (C=O) groups excluding carboxylic acids is 5. The second-order valence-electron chi connectivity index (χ2n) is 36.0. The summed E-state index contributed by atoms with van der Waals surface area (Å²) in [5.41, 5.74) is 0. The zero-order valence-corrected chi connectivity index (χ0v) is 76.4. The van der Waals surface area contributed by atoms with Gasteiger partial charge in [-0.2, -0.15) is 0 Å². The second-order valence-corrected chi connectivity index (χ2v) is 36.0.